The van der Waals surface area contributed by atoms with Crippen molar-refractivity contribution in [3.63, 3.8) is 0 Å². The maximum atomic E-state index is 5.64. The standard InChI is InChI=1S/C11H20O5Si/c1-4-14-17(15-5-2,16-6-3)10-13-11-8-7-9-12-11/h7-9H,4-6,10H2,1-3H3. The smallest absolute Gasteiger partial charge is 0.461 e. The highest BCUT2D eigenvalue weighted by molar-refractivity contribution is 6.60. The second kappa shape index (κ2) is 7.49. The second-order valence-electron chi connectivity index (χ2n) is 3.20. The summed E-state index contributed by atoms with van der Waals surface area (Å²) in [5.41, 5.74) is 0. The molecule has 5 nitrogen and oxygen atoms in total. The molecule has 1 rings (SSSR count). The van der Waals surface area contributed by atoms with Gasteiger partial charge in [0.1, 0.15) is 0 Å². The van der Waals surface area contributed by atoms with Gasteiger partial charge in [-0.2, -0.15) is 0 Å². The van der Waals surface area contributed by atoms with Crippen molar-refractivity contribution in [1.82, 2.24) is 0 Å². The van der Waals surface area contributed by atoms with Crippen molar-refractivity contribution in [3.8, 4) is 5.95 Å². The lowest BCUT2D eigenvalue weighted by Gasteiger charge is -2.27. The van der Waals surface area contributed by atoms with Crippen molar-refractivity contribution in [2.75, 3.05) is 26.1 Å². The minimum atomic E-state index is -2.73. The molecule has 0 aliphatic heterocycles. The summed E-state index contributed by atoms with van der Waals surface area (Å²) in [6.07, 6.45) is 1.82. The summed E-state index contributed by atoms with van der Waals surface area (Å²) in [7, 11) is -2.73. The van der Waals surface area contributed by atoms with E-state index in [1.807, 2.05) is 20.8 Å². The van der Waals surface area contributed by atoms with Crippen LogP contribution >= 0.6 is 0 Å². The Labute approximate surface area is 103 Å². The zero-order chi connectivity index (χ0) is 12.6. The summed E-state index contributed by atoms with van der Waals surface area (Å²) >= 11 is 0. The average Bonchev–Trinajstić information content (AvgIpc) is 2.80. The van der Waals surface area contributed by atoms with Crippen molar-refractivity contribution >= 4 is 8.80 Å². The lowest BCUT2D eigenvalue weighted by atomic mass is 10.7. The van der Waals surface area contributed by atoms with Crippen molar-refractivity contribution < 1.29 is 22.4 Å². The SMILES string of the molecule is CCO[Si](COc1ccco1)(OCC)OCC. The molecule has 1 heterocycles. The number of rotatable bonds is 9. The molecule has 0 fully saturated rings. The first-order valence-electron chi connectivity index (χ1n) is 5.84. The molecule has 0 amide bonds. The molecule has 0 N–H and O–H groups in total. The largest absolute Gasteiger partial charge is 0.540 e. The normalized spacial score (nSPS) is 11.7. The molecule has 6 heteroatoms. The van der Waals surface area contributed by atoms with Gasteiger partial charge in [-0.1, -0.05) is 0 Å². The van der Waals surface area contributed by atoms with E-state index in [1.165, 1.54) is 0 Å². The first-order valence-corrected chi connectivity index (χ1v) is 7.77. The molecule has 0 spiro atoms. The van der Waals surface area contributed by atoms with Crippen LogP contribution in [0.5, 0.6) is 5.95 Å². The van der Waals surface area contributed by atoms with Gasteiger partial charge in [0.2, 0.25) is 0 Å². The summed E-state index contributed by atoms with van der Waals surface area (Å²) in [5, 5.41) is 0. The van der Waals surface area contributed by atoms with Crippen LogP contribution in [0.4, 0.5) is 0 Å². The molecule has 0 aliphatic carbocycles. The highest BCUT2D eigenvalue weighted by Crippen LogP contribution is 2.15. The molecule has 1 aromatic heterocycles. The Morgan fingerprint density at radius 2 is 1.65 bits per heavy atom. The lowest BCUT2D eigenvalue weighted by molar-refractivity contribution is 0.0504. The first-order chi connectivity index (χ1) is 8.26. The lowest BCUT2D eigenvalue weighted by Crippen LogP contribution is -2.51. The van der Waals surface area contributed by atoms with Crippen molar-refractivity contribution in [2.24, 2.45) is 0 Å². The monoisotopic (exact) mass is 260 g/mol. The Hall–Kier alpha value is -0.823. The van der Waals surface area contributed by atoms with Crippen LogP contribution in [-0.2, 0) is 13.3 Å². The molecule has 17 heavy (non-hydrogen) atoms. The molecule has 98 valence electrons. The van der Waals surface area contributed by atoms with Crippen molar-refractivity contribution in [3.05, 3.63) is 18.4 Å². The second-order valence-corrected chi connectivity index (χ2v) is 5.72. The Morgan fingerprint density at radius 3 is 2.06 bits per heavy atom. The number of ether oxygens (including phenoxy) is 1. The van der Waals surface area contributed by atoms with Crippen LogP contribution in [0, 0.1) is 0 Å². The van der Waals surface area contributed by atoms with Gasteiger partial charge in [-0.15, -0.1) is 0 Å². The number of furan rings is 1. The van der Waals surface area contributed by atoms with Gasteiger partial charge in [-0.25, -0.2) is 0 Å². The summed E-state index contributed by atoms with van der Waals surface area (Å²) < 4.78 is 27.5. The topological polar surface area (TPSA) is 50.1 Å². The minimum Gasteiger partial charge on any atom is -0.461 e. The zero-order valence-corrected chi connectivity index (χ0v) is 11.6. The maximum Gasteiger partial charge on any atom is 0.540 e. The average molecular weight is 260 g/mol. The molecule has 0 aromatic carbocycles. The third-order valence-electron chi connectivity index (χ3n) is 1.98. The van der Waals surface area contributed by atoms with Crippen LogP contribution in [-0.4, -0.2) is 34.9 Å². The fourth-order valence-electron chi connectivity index (χ4n) is 1.41. The molecule has 1 aromatic rings. The summed E-state index contributed by atoms with van der Waals surface area (Å²) in [4.78, 5) is 0. The van der Waals surface area contributed by atoms with Crippen LogP contribution in [0.3, 0.4) is 0 Å². The van der Waals surface area contributed by atoms with Gasteiger partial charge >= 0.3 is 8.80 Å². The van der Waals surface area contributed by atoms with E-state index in [0.29, 0.717) is 25.8 Å². The van der Waals surface area contributed by atoms with E-state index in [9.17, 15) is 0 Å². The van der Waals surface area contributed by atoms with E-state index in [2.05, 4.69) is 0 Å². The fraction of sp³-hybridized carbons (Fsp3) is 0.636. The quantitative estimate of drug-likeness (QED) is 0.637. The summed E-state index contributed by atoms with van der Waals surface area (Å²) in [6, 6.07) is 3.50. The van der Waals surface area contributed by atoms with E-state index >= 15 is 0 Å². The van der Waals surface area contributed by atoms with E-state index in [-0.39, 0.29) is 6.23 Å². The Bertz CT molecular complexity index is 271. The summed E-state index contributed by atoms with van der Waals surface area (Å²) in [6.45, 7) is 7.33. The summed E-state index contributed by atoms with van der Waals surface area (Å²) in [5.74, 6) is 0.445. The Morgan fingerprint density at radius 1 is 1.06 bits per heavy atom. The molecule has 0 aliphatic rings. The van der Waals surface area contributed by atoms with Gasteiger partial charge in [-0.05, 0) is 26.8 Å². The van der Waals surface area contributed by atoms with Gasteiger partial charge < -0.3 is 22.4 Å². The van der Waals surface area contributed by atoms with Gasteiger partial charge in [0, 0.05) is 25.9 Å². The predicted octanol–water partition coefficient (Wildman–Crippen LogP) is 2.25. The third kappa shape index (κ3) is 4.51. The molecule has 0 bridgehead atoms. The van der Waals surface area contributed by atoms with Gasteiger partial charge in [0.25, 0.3) is 5.95 Å². The highest BCUT2D eigenvalue weighted by atomic mass is 28.4. The molecule has 0 unspecified atom stereocenters. The number of hydrogen-bond acceptors (Lipinski definition) is 5. The van der Waals surface area contributed by atoms with Gasteiger partial charge in [0.05, 0.1) is 6.26 Å². The zero-order valence-electron chi connectivity index (χ0n) is 10.6. The van der Waals surface area contributed by atoms with Crippen LogP contribution in [0.25, 0.3) is 0 Å². The van der Waals surface area contributed by atoms with E-state index in [4.69, 9.17) is 22.4 Å². The predicted molar refractivity (Wildman–Crippen MR) is 64.8 cm³/mol. The highest BCUT2D eigenvalue weighted by Gasteiger charge is 2.42. The molecular weight excluding hydrogens is 240 g/mol. The van der Waals surface area contributed by atoms with E-state index < -0.39 is 8.80 Å². The molecule has 0 radical (unpaired) electrons. The van der Waals surface area contributed by atoms with Crippen LogP contribution in [0.1, 0.15) is 20.8 Å². The van der Waals surface area contributed by atoms with E-state index in [1.54, 1.807) is 18.4 Å². The minimum absolute atomic E-state index is 0.260. The van der Waals surface area contributed by atoms with Crippen molar-refractivity contribution in [2.45, 2.75) is 20.8 Å². The number of hydrogen-bond donors (Lipinski definition) is 0. The van der Waals surface area contributed by atoms with E-state index in [0.717, 1.165) is 0 Å². The maximum absolute atomic E-state index is 5.64. The molecule has 0 saturated heterocycles. The van der Waals surface area contributed by atoms with Crippen molar-refractivity contribution in [1.29, 1.82) is 0 Å². The van der Waals surface area contributed by atoms with Gasteiger partial charge in [-0.3, -0.25) is 0 Å². The van der Waals surface area contributed by atoms with Crippen LogP contribution < -0.4 is 4.74 Å². The molecule has 0 atom stereocenters. The Kier molecular flexibility index (Phi) is 6.28. The fourth-order valence-corrected chi connectivity index (χ4v) is 3.55. The third-order valence-corrected chi connectivity index (χ3v) is 4.66. The van der Waals surface area contributed by atoms with Crippen LogP contribution in [0.2, 0.25) is 0 Å². The van der Waals surface area contributed by atoms with Crippen LogP contribution in [0.15, 0.2) is 22.8 Å². The van der Waals surface area contributed by atoms with Gasteiger partial charge in [0.15, 0.2) is 6.23 Å². The molecular formula is C11H20O5Si. The Balaban J connectivity index is 2.59. The molecule has 0 saturated carbocycles. The first kappa shape index (κ1) is 14.2.